The molecular formula is C31H37ClN8O4. The SMILES string of the molecule is CN1CCN(c2cc([C@@H](CO)NC(=O)CN3Cc4ccc(-c5nc(NC6CCOCC6)ncc5Cl)cc4C3=O)ccn2)CC1. The number of aromatic nitrogens is 3. The number of hydrogen-bond donors (Lipinski definition) is 3. The molecular weight excluding hydrogens is 584 g/mol. The Labute approximate surface area is 261 Å². The molecule has 3 aliphatic heterocycles. The van der Waals surface area contributed by atoms with Gasteiger partial charge in [-0.15, -0.1) is 0 Å². The first-order valence-corrected chi connectivity index (χ1v) is 15.3. The van der Waals surface area contributed by atoms with E-state index >= 15 is 0 Å². The van der Waals surface area contributed by atoms with Gasteiger partial charge >= 0.3 is 0 Å². The van der Waals surface area contributed by atoms with Gasteiger partial charge in [0.05, 0.1) is 29.6 Å². The second-order valence-electron chi connectivity index (χ2n) is 11.5. The normalized spacial score (nSPS) is 18.3. The van der Waals surface area contributed by atoms with Crippen molar-refractivity contribution in [3.05, 3.63) is 64.4 Å². The Balaban J connectivity index is 1.10. The molecule has 0 bridgehead atoms. The molecule has 0 radical (unpaired) electrons. The highest BCUT2D eigenvalue weighted by Gasteiger charge is 2.30. The number of ether oxygens (including phenoxy) is 1. The summed E-state index contributed by atoms with van der Waals surface area (Å²) in [5, 5.41) is 16.8. The number of aliphatic hydroxyl groups is 1. The summed E-state index contributed by atoms with van der Waals surface area (Å²) in [5.74, 6) is 0.694. The molecule has 0 aliphatic carbocycles. The van der Waals surface area contributed by atoms with Crippen molar-refractivity contribution in [2.45, 2.75) is 31.5 Å². The monoisotopic (exact) mass is 620 g/mol. The molecule has 6 rings (SSSR count). The van der Waals surface area contributed by atoms with Crippen molar-refractivity contribution in [3.63, 3.8) is 0 Å². The van der Waals surface area contributed by atoms with Crippen LogP contribution in [0.1, 0.15) is 40.4 Å². The molecule has 3 N–H and O–H groups in total. The lowest BCUT2D eigenvalue weighted by Gasteiger charge is -2.33. The molecule has 0 saturated carbocycles. The number of rotatable bonds is 9. The zero-order valence-electron chi connectivity index (χ0n) is 24.7. The Morgan fingerprint density at radius 1 is 1.14 bits per heavy atom. The number of pyridine rings is 1. The van der Waals surface area contributed by atoms with Crippen LogP contribution < -0.4 is 15.5 Å². The van der Waals surface area contributed by atoms with Crippen LogP contribution in [0.15, 0.2) is 42.7 Å². The zero-order valence-corrected chi connectivity index (χ0v) is 25.5. The Hall–Kier alpha value is -3.84. The summed E-state index contributed by atoms with van der Waals surface area (Å²) < 4.78 is 5.43. The third kappa shape index (κ3) is 6.78. The number of piperazine rings is 1. The lowest BCUT2D eigenvalue weighted by atomic mass is 10.0. The molecule has 3 aliphatic rings. The minimum Gasteiger partial charge on any atom is -0.394 e. The van der Waals surface area contributed by atoms with Gasteiger partial charge in [-0.05, 0) is 49.2 Å². The number of likely N-dealkylation sites (N-methyl/N-ethyl adjacent to an activating group) is 1. The number of halogens is 1. The predicted octanol–water partition coefficient (Wildman–Crippen LogP) is 2.34. The van der Waals surface area contributed by atoms with Gasteiger partial charge in [0.15, 0.2) is 0 Å². The van der Waals surface area contributed by atoms with E-state index in [-0.39, 0.29) is 31.0 Å². The second kappa shape index (κ2) is 13.4. The summed E-state index contributed by atoms with van der Waals surface area (Å²) in [7, 11) is 2.09. The number of carbonyl (C=O) groups is 2. The van der Waals surface area contributed by atoms with Gasteiger partial charge in [0, 0.05) is 69.3 Å². The highest BCUT2D eigenvalue weighted by atomic mass is 35.5. The lowest BCUT2D eigenvalue weighted by molar-refractivity contribution is -0.122. The summed E-state index contributed by atoms with van der Waals surface area (Å²) in [4.78, 5) is 45.9. The van der Waals surface area contributed by atoms with Crippen LogP contribution in [0, 0.1) is 0 Å². The molecule has 232 valence electrons. The van der Waals surface area contributed by atoms with Gasteiger partial charge in [-0.25, -0.2) is 15.0 Å². The van der Waals surface area contributed by atoms with Gasteiger partial charge in [-0.1, -0.05) is 23.7 Å². The fraction of sp³-hybridized carbons (Fsp3) is 0.452. The third-order valence-electron chi connectivity index (χ3n) is 8.41. The molecule has 12 nitrogen and oxygen atoms in total. The Morgan fingerprint density at radius 3 is 2.70 bits per heavy atom. The molecule has 2 amide bonds. The zero-order chi connectivity index (χ0) is 30.6. The number of nitrogens with zero attached hydrogens (tertiary/aromatic N) is 6. The Bertz CT molecular complexity index is 1510. The minimum absolute atomic E-state index is 0.136. The van der Waals surface area contributed by atoms with Crippen LogP contribution in [-0.2, 0) is 16.1 Å². The average molecular weight is 621 g/mol. The molecule has 2 aromatic heterocycles. The van der Waals surface area contributed by atoms with E-state index in [1.54, 1.807) is 24.5 Å². The highest BCUT2D eigenvalue weighted by molar-refractivity contribution is 6.33. The number of benzene rings is 1. The van der Waals surface area contributed by atoms with Crippen LogP contribution in [-0.4, -0.2) is 107 Å². The van der Waals surface area contributed by atoms with E-state index in [9.17, 15) is 14.7 Å². The molecule has 5 heterocycles. The summed E-state index contributed by atoms with van der Waals surface area (Å²) in [6.07, 6.45) is 5.00. The first-order valence-electron chi connectivity index (χ1n) is 15.0. The van der Waals surface area contributed by atoms with E-state index in [1.807, 2.05) is 18.2 Å². The summed E-state index contributed by atoms with van der Waals surface area (Å²) in [6.45, 7) is 4.90. The van der Waals surface area contributed by atoms with Crippen molar-refractivity contribution in [1.82, 2.24) is 30.1 Å². The van der Waals surface area contributed by atoms with Gasteiger partial charge in [0.1, 0.15) is 12.4 Å². The van der Waals surface area contributed by atoms with Gasteiger partial charge in [0.25, 0.3) is 5.91 Å². The molecule has 2 fully saturated rings. The maximum absolute atomic E-state index is 13.4. The molecule has 13 heteroatoms. The third-order valence-corrected chi connectivity index (χ3v) is 8.69. The van der Waals surface area contributed by atoms with Crippen molar-refractivity contribution in [2.24, 2.45) is 0 Å². The van der Waals surface area contributed by atoms with Crippen LogP contribution in [0.25, 0.3) is 11.3 Å². The summed E-state index contributed by atoms with van der Waals surface area (Å²) in [6, 6.07) is 8.84. The maximum atomic E-state index is 13.4. The topological polar surface area (TPSA) is 136 Å². The van der Waals surface area contributed by atoms with Crippen LogP contribution in [0.4, 0.5) is 11.8 Å². The molecule has 3 aromatic rings. The van der Waals surface area contributed by atoms with Gasteiger partial charge < -0.3 is 35.2 Å². The van der Waals surface area contributed by atoms with Crippen molar-refractivity contribution in [3.8, 4) is 11.3 Å². The number of nitrogens with one attached hydrogen (secondary N) is 2. The number of carbonyl (C=O) groups excluding carboxylic acids is 2. The minimum atomic E-state index is -0.618. The number of amides is 2. The Kier molecular flexibility index (Phi) is 9.22. The number of hydrogen-bond acceptors (Lipinski definition) is 10. The average Bonchev–Trinajstić information content (AvgIpc) is 3.35. The van der Waals surface area contributed by atoms with Crippen LogP contribution in [0.3, 0.4) is 0 Å². The molecule has 0 spiro atoms. The van der Waals surface area contributed by atoms with Crippen LogP contribution in [0.5, 0.6) is 0 Å². The van der Waals surface area contributed by atoms with E-state index in [4.69, 9.17) is 16.3 Å². The largest absolute Gasteiger partial charge is 0.394 e. The molecule has 44 heavy (non-hydrogen) atoms. The van der Waals surface area contributed by atoms with E-state index in [0.717, 1.165) is 56.0 Å². The van der Waals surface area contributed by atoms with E-state index in [2.05, 4.69) is 42.4 Å². The first kappa shape index (κ1) is 30.2. The maximum Gasteiger partial charge on any atom is 0.254 e. The summed E-state index contributed by atoms with van der Waals surface area (Å²) in [5.41, 5.74) is 3.32. The lowest BCUT2D eigenvalue weighted by Crippen LogP contribution is -2.45. The summed E-state index contributed by atoms with van der Waals surface area (Å²) >= 11 is 6.48. The highest BCUT2D eigenvalue weighted by Crippen LogP contribution is 2.32. The standard InChI is InChI=1S/C31H37ClN8O4/c1-38-8-10-39(11-9-38)27-15-20(4-7-33-27)26(19-41)36-28(42)18-40-17-22-3-2-21(14-24(22)30(40)43)29-25(32)16-34-31(37-29)35-23-5-12-44-13-6-23/h2-4,7,14-16,23,26,41H,5-6,8-13,17-19H2,1H3,(H,36,42)(H,34,35,37)/t26-/m1/s1. The molecule has 1 atom stereocenters. The predicted molar refractivity (Wildman–Crippen MR) is 167 cm³/mol. The van der Waals surface area contributed by atoms with Crippen molar-refractivity contribution in [1.29, 1.82) is 0 Å². The van der Waals surface area contributed by atoms with Gasteiger partial charge in [-0.2, -0.15) is 0 Å². The van der Waals surface area contributed by atoms with E-state index in [1.165, 1.54) is 4.90 Å². The fourth-order valence-corrected chi connectivity index (χ4v) is 6.01. The smallest absolute Gasteiger partial charge is 0.254 e. The van der Waals surface area contributed by atoms with E-state index < -0.39 is 6.04 Å². The first-order chi connectivity index (χ1) is 21.4. The van der Waals surface area contributed by atoms with E-state index in [0.29, 0.717) is 47.6 Å². The number of aliphatic hydroxyl groups excluding tert-OH is 1. The van der Waals surface area contributed by atoms with Gasteiger partial charge in [0.2, 0.25) is 11.9 Å². The van der Waals surface area contributed by atoms with Crippen molar-refractivity contribution >= 4 is 35.2 Å². The molecule has 2 saturated heterocycles. The quantitative estimate of drug-likeness (QED) is 0.327. The van der Waals surface area contributed by atoms with Crippen molar-refractivity contribution < 1.29 is 19.4 Å². The van der Waals surface area contributed by atoms with Gasteiger partial charge in [-0.3, -0.25) is 9.59 Å². The van der Waals surface area contributed by atoms with Crippen LogP contribution >= 0.6 is 11.6 Å². The number of fused-ring (bicyclic) bond motifs is 1. The second-order valence-corrected chi connectivity index (χ2v) is 11.9. The molecule has 0 unspecified atom stereocenters. The van der Waals surface area contributed by atoms with Crippen molar-refractivity contribution in [2.75, 3.05) is 69.8 Å². The van der Waals surface area contributed by atoms with Crippen LogP contribution in [0.2, 0.25) is 5.02 Å². The molecule has 1 aromatic carbocycles. The Morgan fingerprint density at radius 2 is 1.93 bits per heavy atom. The number of anilines is 2. The fourth-order valence-electron chi connectivity index (χ4n) is 5.81.